The van der Waals surface area contributed by atoms with Crippen LogP contribution in [0.15, 0.2) is 77.9 Å². The number of rotatable bonds is 4. The van der Waals surface area contributed by atoms with Gasteiger partial charge >= 0.3 is 21.7 Å². The van der Waals surface area contributed by atoms with E-state index >= 15 is 0 Å². The molecule has 0 bridgehead atoms. The fourth-order valence-corrected chi connectivity index (χ4v) is 3.17. The van der Waals surface area contributed by atoms with Crippen molar-refractivity contribution in [3.05, 3.63) is 95.1 Å². The van der Waals surface area contributed by atoms with E-state index in [9.17, 15) is 0 Å². The van der Waals surface area contributed by atoms with E-state index in [0.29, 0.717) is 11.8 Å². The minimum absolute atomic E-state index is 0. The van der Waals surface area contributed by atoms with Gasteiger partial charge in [-0.3, -0.25) is 6.08 Å². The van der Waals surface area contributed by atoms with Crippen LogP contribution in [0.4, 0.5) is 0 Å². The molecule has 4 heteroatoms. The maximum absolute atomic E-state index is 3.48. The summed E-state index contributed by atoms with van der Waals surface area (Å²) in [4.78, 5) is 0. The summed E-state index contributed by atoms with van der Waals surface area (Å²) in [6, 6.07) is 21.6. The van der Waals surface area contributed by atoms with E-state index in [1.165, 1.54) is 22.3 Å². The molecule has 0 aromatic heterocycles. The van der Waals surface area contributed by atoms with Crippen molar-refractivity contribution in [2.24, 2.45) is 5.92 Å². The van der Waals surface area contributed by atoms with E-state index in [0.717, 1.165) is 6.42 Å². The van der Waals surface area contributed by atoms with Crippen LogP contribution in [0.3, 0.4) is 0 Å². The van der Waals surface area contributed by atoms with Gasteiger partial charge in [-0.25, -0.2) is 5.57 Å². The van der Waals surface area contributed by atoms with Crippen molar-refractivity contribution in [1.82, 2.24) is 0 Å². The number of allylic oxidation sites excluding steroid dienone is 4. The van der Waals surface area contributed by atoms with E-state index in [-0.39, 0.29) is 58.9 Å². The van der Waals surface area contributed by atoms with Crippen molar-refractivity contribution in [1.29, 1.82) is 0 Å². The standard InChI is InChI=1S/C21H21.3ClH.Ti/c1-16(2)19-14-9-15-20(19)21(17-10-5-3-6-11-17)18-12-7-4-8-13-18;;;;/h3-13,16,21H,15H2,1-2H3;3*1H;/q-1;;;;+4/p-3. The Morgan fingerprint density at radius 2 is 1.20 bits per heavy atom. The zero-order valence-corrected chi connectivity index (χ0v) is 18.2. The third-order valence-electron chi connectivity index (χ3n) is 4.12. The largest absolute Gasteiger partial charge is 4.00 e. The summed E-state index contributed by atoms with van der Waals surface area (Å²) in [5, 5.41) is 0. The summed E-state index contributed by atoms with van der Waals surface area (Å²) in [5.41, 5.74) is 5.62. The molecule has 0 fully saturated rings. The maximum Gasteiger partial charge on any atom is 4.00 e. The zero-order chi connectivity index (χ0) is 14.7. The number of hydrogen-bond donors (Lipinski definition) is 0. The zero-order valence-electron chi connectivity index (χ0n) is 14.3. The molecule has 0 amide bonds. The first kappa shape index (κ1) is 26.7. The Morgan fingerprint density at radius 1 is 0.760 bits per heavy atom. The SMILES string of the molecule is CC(C)C1=C(C(c2ccccc2)c2ccccc2)CC=[C-]1.[Cl-].[Cl-].[Cl-].[Ti+4]. The molecule has 2 aromatic carbocycles. The maximum atomic E-state index is 3.48. The van der Waals surface area contributed by atoms with Crippen molar-refractivity contribution in [3.63, 3.8) is 0 Å². The molecule has 0 saturated carbocycles. The molecule has 1 aliphatic rings. The third-order valence-corrected chi connectivity index (χ3v) is 4.12. The van der Waals surface area contributed by atoms with E-state index < -0.39 is 0 Å². The molecule has 0 N–H and O–H groups in total. The quantitative estimate of drug-likeness (QED) is 0.352. The Bertz CT molecular complexity index is 625. The van der Waals surface area contributed by atoms with Crippen molar-refractivity contribution < 1.29 is 58.9 Å². The normalized spacial score (nSPS) is 12.2. The molecule has 0 heterocycles. The monoisotopic (exact) mass is 426 g/mol. The summed E-state index contributed by atoms with van der Waals surface area (Å²) in [7, 11) is 0. The van der Waals surface area contributed by atoms with Gasteiger partial charge in [0.25, 0.3) is 0 Å². The number of hydrogen-bond acceptors (Lipinski definition) is 0. The molecule has 25 heavy (non-hydrogen) atoms. The fourth-order valence-electron chi connectivity index (χ4n) is 3.17. The van der Waals surface area contributed by atoms with Gasteiger partial charge in [-0.05, 0) is 5.92 Å². The average molecular weight is 428 g/mol. The first-order valence-corrected chi connectivity index (χ1v) is 7.68. The predicted octanol–water partition coefficient (Wildman–Crippen LogP) is -3.46. The molecule has 0 radical (unpaired) electrons. The van der Waals surface area contributed by atoms with Gasteiger partial charge in [0.15, 0.2) is 0 Å². The molecule has 0 spiro atoms. The van der Waals surface area contributed by atoms with Crippen LogP contribution in [0.1, 0.15) is 37.3 Å². The molecule has 1 aliphatic carbocycles. The smallest absolute Gasteiger partial charge is 1.00 e. The van der Waals surface area contributed by atoms with Crippen LogP contribution in [0.5, 0.6) is 0 Å². The van der Waals surface area contributed by atoms with Crippen molar-refractivity contribution >= 4 is 0 Å². The second kappa shape index (κ2) is 12.8. The van der Waals surface area contributed by atoms with Gasteiger partial charge in [0.2, 0.25) is 0 Å². The molecular formula is C21H21Cl3Ti. The molecule has 0 aliphatic heterocycles. The van der Waals surface area contributed by atoms with Gasteiger partial charge in [0.05, 0.1) is 0 Å². The van der Waals surface area contributed by atoms with Gasteiger partial charge in [0, 0.05) is 0 Å². The van der Waals surface area contributed by atoms with Gasteiger partial charge in [0.1, 0.15) is 0 Å². The minimum atomic E-state index is 0. The van der Waals surface area contributed by atoms with Crippen molar-refractivity contribution in [2.75, 3.05) is 0 Å². The molecule has 2 aromatic rings. The summed E-state index contributed by atoms with van der Waals surface area (Å²) < 4.78 is 0. The van der Waals surface area contributed by atoms with Crippen LogP contribution in [0.25, 0.3) is 0 Å². The van der Waals surface area contributed by atoms with Crippen LogP contribution in [0, 0.1) is 12.0 Å². The molecule has 3 rings (SSSR count). The fraction of sp³-hybridized carbons (Fsp3) is 0.238. The van der Waals surface area contributed by atoms with Crippen LogP contribution >= 0.6 is 0 Å². The molecule has 0 nitrogen and oxygen atoms in total. The minimum Gasteiger partial charge on any atom is -1.00 e. The molecule has 0 atom stereocenters. The molecule has 0 unspecified atom stereocenters. The second-order valence-corrected chi connectivity index (χ2v) is 5.90. The number of benzene rings is 2. The third kappa shape index (κ3) is 6.31. The molecule has 0 saturated heterocycles. The van der Waals surface area contributed by atoms with Crippen molar-refractivity contribution in [2.45, 2.75) is 26.2 Å². The Morgan fingerprint density at radius 3 is 1.60 bits per heavy atom. The predicted molar refractivity (Wildman–Crippen MR) is 89.0 cm³/mol. The van der Waals surface area contributed by atoms with E-state index in [4.69, 9.17) is 0 Å². The molecular weight excluding hydrogens is 406 g/mol. The van der Waals surface area contributed by atoms with Gasteiger partial charge < -0.3 is 37.2 Å². The molecule has 130 valence electrons. The summed E-state index contributed by atoms with van der Waals surface area (Å²) >= 11 is 0. The first-order chi connectivity index (χ1) is 10.3. The van der Waals surface area contributed by atoms with Crippen LogP contribution in [0.2, 0.25) is 0 Å². The van der Waals surface area contributed by atoms with Gasteiger partial charge in [-0.15, -0.1) is 0 Å². The number of halogens is 3. The van der Waals surface area contributed by atoms with Crippen LogP contribution in [-0.4, -0.2) is 0 Å². The van der Waals surface area contributed by atoms with E-state index in [1.807, 2.05) is 0 Å². The van der Waals surface area contributed by atoms with Crippen LogP contribution in [-0.2, 0) is 21.7 Å². The second-order valence-electron chi connectivity index (χ2n) is 5.90. The van der Waals surface area contributed by atoms with Gasteiger partial charge in [-0.2, -0.15) is 11.6 Å². The Balaban J connectivity index is 0. The van der Waals surface area contributed by atoms with Crippen molar-refractivity contribution in [3.8, 4) is 0 Å². The summed E-state index contributed by atoms with van der Waals surface area (Å²) in [6.07, 6.45) is 6.68. The summed E-state index contributed by atoms with van der Waals surface area (Å²) in [5.74, 6) is 0.865. The van der Waals surface area contributed by atoms with E-state index in [2.05, 4.69) is 86.7 Å². The van der Waals surface area contributed by atoms with E-state index in [1.54, 1.807) is 0 Å². The Kier molecular flexibility index (Phi) is 13.7. The average Bonchev–Trinajstić information content (AvgIpc) is 2.99. The summed E-state index contributed by atoms with van der Waals surface area (Å²) in [6.45, 7) is 4.52. The topological polar surface area (TPSA) is 0 Å². The Hall–Kier alpha value is -0.496. The Labute approximate surface area is 185 Å². The first-order valence-electron chi connectivity index (χ1n) is 7.68. The van der Waals surface area contributed by atoms with Crippen LogP contribution < -0.4 is 37.2 Å². The van der Waals surface area contributed by atoms with Gasteiger partial charge in [-0.1, -0.05) is 98.0 Å².